The molecule has 0 spiro atoms. The number of hydrogen-bond donors (Lipinski definition) is 1. The van der Waals surface area contributed by atoms with Crippen LogP contribution >= 0.6 is 11.6 Å². The van der Waals surface area contributed by atoms with Crippen molar-refractivity contribution in [2.45, 2.75) is 0 Å². The summed E-state index contributed by atoms with van der Waals surface area (Å²) in [5.74, 6) is -2.27. The zero-order chi connectivity index (χ0) is 17.3. The minimum Gasteiger partial charge on any atom is -0.320 e. The second-order valence-electron chi connectivity index (χ2n) is 4.90. The molecule has 9 heteroatoms. The molecule has 1 amide bonds. The normalized spacial score (nSPS) is 10.7. The Labute approximate surface area is 140 Å². The van der Waals surface area contributed by atoms with Crippen LogP contribution in [0.1, 0.15) is 10.4 Å². The van der Waals surface area contributed by atoms with E-state index in [1.807, 2.05) is 0 Å². The highest BCUT2D eigenvalue weighted by Gasteiger charge is 2.18. The molecule has 1 aromatic carbocycles. The quantitative estimate of drug-likeness (QED) is 0.738. The van der Waals surface area contributed by atoms with E-state index in [-0.39, 0.29) is 5.56 Å². The number of benzene rings is 1. The number of nitrogens with zero attached hydrogens (tertiary/aromatic N) is 4. The molecule has 6 nitrogen and oxygen atoms in total. The van der Waals surface area contributed by atoms with E-state index in [0.29, 0.717) is 17.1 Å². The molecule has 24 heavy (non-hydrogen) atoms. The van der Waals surface area contributed by atoms with Gasteiger partial charge in [0.05, 0.1) is 17.4 Å². The van der Waals surface area contributed by atoms with E-state index in [1.165, 1.54) is 12.5 Å². The van der Waals surface area contributed by atoms with Crippen LogP contribution < -0.4 is 5.32 Å². The van der Waals surface area contributed by atoms with E-state index >= 15 is 0 Å². The summed E-state index contributed by atoms with van der Waals surface area (Å²) in [7, 11) is 1.76. The third-order valence-electron chi connectivity index (χ3n) is 3.25. The van der Waals surface area contributed by atoms with E-state index < -0.39 is 22.6 Å². The third-order valence-corrected chi connectivity index (χ3v) is 3.59. The van der Waals surface area contributed by atoms with Gasteiger partial charge in [-0.3, -0.25) is 9.78 Å². The van der Waals surface area contributed by atoms with Gasteiger partial charge in [0, 0.05) is 18.8 Å². The first-order chi connectivity index (χ1) is 11.5. The van der Waals surface area contributed by atoms with Crippen molar-refractivity contribution in [2.75, 3.05) is 5.32 Å². The van der Waals surface area contributed by atoms with Crippen LogP contribution in [0.15, 0.2) is 36.9 Å². The lowest BCUT2D eigenvalue weighted by Gasteiger charge is -2.08. The molecule has 0 saturated carbocycles. The molecule has 2 aromatic heterocycles. The summed E-state index contributed by atoms with van der Waals surface area (Å²) < 4.78 is 28.8. The Morgan fingerprint density at radius 1 is 1.29 bits per heavy atom. The SMILES string of the molecule is Cn1cnnc1-c1cncc(NC(=O)c2ccc(F)c(Cl)c2F)c1. The largest absolute Gasteiger partial charge is 0.320 e. The number of aryl methyl sites for hydroxylation is 1. The highest BCUT2D eigenvalue weighted by Crippen LogP contribution is 2.23. The van der Waals surface area contributed by atoms with E-state index in [2.05, 4.69) is 20.5 Å². The van der Waals surface area contributed by atoms with Crippen LogP contribution in [0.25, 0.3) is 11.4 Å². The highest BCUT2D eigenvalue weighted by atomic mass is 35.5. The minimum atomic E-state index is -1.12. The molecular formula is C15H10ClF2N5O. The van der Waals surface area contributed by atoms with Crippen LogP contribution in [0, 0.1) is 11.6 Å². The van der Waals surface area contributed by atoms with Crippen LogP contribution in [-0.2, 0) is 7.05 Å². The zero-order valence-corrected chi connectivity index (χ0v) is 13.1. The highest BCUT2D eigenvalue weighted by molar-refractivity contribution is 6.31. The van der Waals surface area contributed by atoms with Gasteiger partial charge in [-0.15, -0.1) is 10.2 Å². The summed E-state index contributed by atoms with van der Waals surface area (Å²) in [6.07, 6.45) is 4.46. The molecule has 0 aliphatic rings. The van der Waals surface area contributed by atoms with Crippen molar-refractivity contribution in [3.63, 3.8) is 0 Å². The maximum absolute atomic E-state index is 13.9. The summed E-state index contributed by atoms with van der Waals surface area (Å²) in [6, 6.07) is 3.55. The van der Waals surface area contributed by atoms with Crippen molar-refractivity contribution in [1.29, 1.82) is 0 Å². The van der Waals surface area contributed by atoms with Crippen molar-refractivity contribution in [3.8, 4) is 11.4 Å². The predicted molar refractivity (Wildman–Crippen MR) is 83.6 cm³/mol. The number of nitrogens with one attached hydrogen (secondary N) is 1. The van der Waals surface area contributed by atoms with Crippen LogP contribution in [0.2, 0.25) is 5.02 Å². The van der Waals surface area contributed by atoms with Crippen LogP contribution in [-0.4, -0.2) is 25.7 Å². The van der Waals surface area contributed by atoms with Gasteiger partial charge < -0.3 is 9.88 Å². The number of halogens is 3. The van der Waals surface area contributed by atoms with Gasteiger partial charge in [0.15, 0.2) is 11.6 Å². The van der Waals surface area contributed by atoms with Crippen molar-refractivity contribution in [1.82, 2.24) is 19.7 Å². The summed E-state index contributed by atoms with van der Waals surface area (Å²) >= 11 is 5.48. The Bertz CT molecular complexity index is 928. The average Bonchev–Trinajstić information content (AvgIpc) is 2.99. The molecule has 0 bridgehead atoms. The summed E-state index contributed by atoms with van der Waals surface area (Å²) in [6.45, 7) is 0. The molecule has 0 fully saturated rings. The number of carbonyl (C=O) groups excluding carboxylic acids is 1. The summed E-state index contributed by atoms with van der Waals surface area (Å²) in [4.78, 5) is 16.2. The summed E-state index contributed by atoms with van der Waals surface area (Å²) in [5.41, 5.74) is 0.566. The average molecular weight is 350 g/mol. The van der Waals surface area contributed by atoms with Crippen molar-refractivity contribution >= 4 is 23.2 Å². The maximum Gasteiger partial charge on any atom is 0.258 e. The Hall–Kier alpha value is -2.87. The van der Waals surface area contributed by atoms with Gasteiger partial charge in [0.2, 0.25) is 0 Å². The second kappa shape index (κ2) is 6.32. The molecule has 0 radical (unpaired) electrons. The van der Waals surface area contributed by atoms with Gasteiger partial charge in [-0.25, -0.2) is 8.78 Å². The number of rotatable bonds is 3. The number of amides is 1. The van der Waals surface area contributed by atoms with Gasteiger partial charge in [-0.05, 0) is 18.2 Å². The molecule has 0 aliphatic heterocycles. The van der Waals surface area contributed by atoms with Crippen molar-refractivity contribution in [2.24, 2.45) is 7.05 Å². The fourth-order valence-corrected chi connectivity index (χ4v) is 2.24. The van der Waals surface area contributed by atoms with Crippen molar-refractivity contribution in [3.05, 3.63) is 59.1 Å². The summed E-state index contributed by atoms with van der Waals surface area (Å²) in [5, 5.41) is 9.46. The lowest BCUT2D eigenvalue weighted by Crippen LogP contribution is -2.14. The van der Waals surface area contributed by atoms with Gasteiger partial charge >= 0.3 is 0 Å². The van der Waals surface area contributed by atoms with E-state index in [0.717, 1.165) is 12.1 Å². The standard InChI is InChI=1S/C15H10ClF2N5O/c1-23-7-20-22-14(23)8-4-9(6-19-5-8)21-15(24)10-2-3-11(17)12(16)13(10)18/h2-7H,1H3,(H,21,24). The zero-order valence-electron chi connectivity index (χ0n) is 12.3. The fourth-order valence-electron chi connectivity index (χ4n) is 2.07. The number of carbonyl (C=O) groups is 1. The molecule has 0 saturated heterocycles. The Morgan fingerprint density at radius 3 is 2.79 bits per heavy atom. The maximum atomic E-state index is 13.9. The van der Waals surface area contributed by atoms with Crippen LogP contribution in [0.4, 0.5) is 14.5 Å². The molecule has 1 N–H and O–H groups in total. The predicted octanol–water partition coefficient (Wildman–Crippen LogP) is 3.06. The first kappa shape index (κ1) is 16.0. The first-order valence-electron chi connectivity index (χ1n) is 6.71. The smallest absolute Gasteiger partial charge is 0.258 e. The topological polar surface area (TPSA) is 72.7 Å². The molecular weight excluding hydrogens is 340 g/mol. The monoisotopic (exact) mass is 349 g/mol. The fraction of sp³-hybridized carbons (Fsp3) is 0.0667. The van der Waals surface area contributed by atoms with Crippen LogP contribution in [0.5, 0.6) is 0 Å². The molecule has 0 atom stereocenters. The van der Waals surface area contributed by atoms with Gasteiger partial charge in [0.1, 0.15) is 17.2 Å². The Morgan fingerprint density at radius 2 is 2.08 bits per heavy atom. The lowest BCUT2D eigenvalue weighted by atomic mass is 10.2. The second-order valence-corrected chi connectivity index (χ2v) is 5.28. The molecule has 122 valence electrons. The minimum absolute atomic E-state index is 0.320. The van der Waals surface area contributed by atoms with Crippen LogP contribution in [0.3, 0.4) is 0 Å². The van der Waals surface area contributed by atoms with E-state index in [9.17, 15) is 13.6 Å². The lowest BCUT2D eigenvalue weighted by molar-refractivity contribution is 0.102. The van der Waals surface area contributed by atoms with Gasteiger partial charge in [-0.1, -0.05) is 11.6 Å². The molecule has 2 heterocycles. The van der Waals surface area contributed by atoms with Crippen molar-refractivity contribution < 1.29 is 13.6 Å². The first-order valence-corrected chi connectivity index (χ1v) is 7.09. The molecule has 3 aromatic rings. The molecule has 0 unspecified atom stereocenters. The van der Waals surface area contributed by atoms with Gasteiger partial charge in [0.25, 0.3) is 5.91 Å². The van der Waals surface area contributed by atoms with E-state index in [1.54, 1.807) is 23.9 Å². The van der Waals surface area contributed by atoms with E-state index in [4.69, 9.17) is 11.6 Å². The number of hydrogen-bond acceptors (Lipinski definition) is 4. The Balaban J connectivity index is 1.88. The number of anilines is 1. The third kappa shape index (κ3) is 2.95. The molecule has 0 aliphatic carbocycles. The molecule has 3 rings (SSSR count). The Kier molecular flexibility index (Phi) is 4.22. The number of aromatic nitrogens is 4. The van der Waals surface area contributed by atoms with Gasteiger partial charge in [-0.2, -0.15) is 0 Å². The number of pyridine rings is 1.